The van der Waals surface area contributed by atoms with Crippen LogP contribution in [0.4, 0.5) is 9.18 Å². The Morgan fingerprint density at radius 2 is 1.64 bits per heavy atom. The fourth-order valence-corrected chi connectivity index (χ4v) is 5.06. The summed E-state index contributed by atoms with van der Waals surface area (Å²) in [6, 6.07) is 15.5. The van der Waals surface area contributed by atoms with Gasteiger partial charge in [0.2, 0.25) is 0 Å². The lowest BCUT2D eigenvalue weighted by Crippen LogP contribution is -2.47. The number of urea groups is 1. The molecular weight excluding hydrogens is 417 g/mol. The summed E-state index contributed by atoms with van der Waals surface area (Å²) >= 11 is 0. The van der Waals surface area contributed by atoms with Crippen LogP contribution in [0, 0.1) is 17.7 Å². The Bertz CT molecular complexity index is 911. The van der Waals surface area contributed by atoms with E-state index in [-0.39, 0.29) is 17.8 Å². The Kier molecular flexibility index (Phi) is 8.10. The van der Waals surface area contributed by atoms with Gasteiger partial charge in [0.1, 0.15) is 5.82 Å². The lowest BCUT2D eigenvalue weighted by atomic mass is 9.89. The fraction of sp³-hybridized carbons (Fsp3) is 0.481. The number of likely N-dealkylation sites (tertiary alicyclic amines) is 2. The molecule has 0 aromatic heterocycles. The average Bonchev–Trinajstić information content (AvgIpc) is 2.85. The summed E-state index contributed by atoms with van der Waals surface area (Å²) in [4.78, 5) is 29.2. The first-order valence-electron chi connectivity index (χ1n) is 12.2. The third-order valence-electron chi connectivity index (χ3n) is 7.06. The van der Waals surface area contributed by atoms with E-state index in [0.29, 0.717) is 23.9 Å². The van der Waals surface area contributed by atoms with Gasteiger partial charge in [0.05, 0.1) is 0 Å². The number of nitrogens with zero attached hydrogens (tertiary/aromatic N) is 2. The molecule has 2 aliphatic rings. The lowest BCUT2D eigenvalue weighted by Gasteiger charge is -2.36. The molecule has 6 heteroatoms. The minimum Gasteiger partial charge on any atom is -0.324 e. The summed E-state index contributed by atoms with van der Waals surface area (Å²) in [7, 11) is 0. The SMILES string of the molecule is O=C(NC(=O)N1CCCC(CCN2CCC(Cc3ccc(F)cc3)CC2)C1)c1ccccc1. The number of imide groups is 1. The summed E-state index contributed by atoms with van der Waals surface area (Å²) in [5.74, 6) is 0.636. The normalized spacial score (nSPS) is 19.9. The number of halogens is 1. The maximum atomic E-state index is 13.1. The van der Waals surface area contributed by atoms with Crippen LogP contribution in [0.2, 0.25) is 0 Å². The Morgan fingerprint density at radius 1 is 0.909 bits per heavy atom. The number of carbonyl (C=O) groups excluding carboxylic acids is 2. The first-order chi connectivity index (χ1) is 16.1. The molecule has 2 heterocycles. The molecule has 2 aliphatic heterocycles. The molecular formula is C27H34FN3O2. The average molecular weight is 452 g/mol. The summed E-state index contributed by atoms with van der Waals surface area (Å²) < 4.78 is 13.1. The van der Waals surface area contributed by atoms with Crippen molar-refractivity contribution in [3.05, 3.63) is 71.5 Å². The van der Waals surface area contributed by atoms with Gasteiger partial charge in [0.25, 0.3) is 5.91 Å². The number of benzene rings is 2. The summed E-state index contributed by atoms with van der Waals surface area (Å²) in [6.45, 7) is 4.70. The first kappa shape index (κ1) is 23.4. The van der Waals surface area contributed by atoms with Gasteiger partial charge in [0, 0.05) is 18.7 Å². The lowest BCUT2D eigenvalue weighted by molar-refractivity contribution is 0.0938. The molecule has 0 radical (unpaired) electrons. The maximum Gasteiger partial charge on any atom is 0.324 e. The zero-order valence-electron chi connectivity index (χ0n) is 19.2. The van der Waals surface area contributed by atoms with Crippen molar-refractivity contribution in [2.75, 3.05) is 32.7 Å². The van der Waals surface area contributed by atoms with Gasteiger partial charge in [-0.2, -0.15) is 0 Å². The van der Waals surface area contributed by atoms with Crippen LogP contribution < -0.4 is 5.32 Å². The van der Waals surface area contributed by atoms with Crippen molar-refractivity contribution in [3.63, 3.8) is 0 Å². The van der Waals surface area contributed by atoms with E-state index in [1.54, 1.807) is 41.3 Å². The second-order valence-electron chi connectivity index (χ2n) is 9.48. The fourth-order valence-electron chi connectivity index (χ4n) is 5.06. The molecule has 2 aromatic carbocycles. The molecule has 5 nitrogen and oxygen atoms in total. The van der Waals surface area contributed by atoms with Crippen molar-refractivity contribution in [2.24, 2.45) is 11.8 Å². The van der Waals surface area contributed by atoms with E-state index in [2.05, 4.69) is 10.2 Å². The third kappa shape index (κ3) is 6.87. The van der Waals surface area contributed by atoms with Gasteiger partial charge in [-0.15, -0.1) is 0 Å². The molecule has 33 heavy (non-hydrogen) atoms. The number of amides is 3. The predicted octanol–water partition coefficient (Wildman–Crippen LogP) is 4.73. The van der Waals surface area contributed by atoms with Crippen LogP contribution >= 0.6 is 0 Å². The number of rotatable bonds is 6. The monoisotopic (exact) mass is 451 g/mol. The van der Waals surface area contributed by atoms with Gasteiger partial charge >= 0.3 is 6.03 Å². The molecule has 1 unspecified atom stereocenters. The third-order valence-corrected chi connectivity index (χ3v) is 7.06. The molecule has 1 N–H and O–H groups in total. The summed E-state index contributed by atoms with van der Waals surface area (Å²) in [5, 5.41) is 2.54. The highest BCUT2D eigenvalue weighted by molar-refractivity contribution is 6.04. The maximum absolute atomic E-state index is 13.1. The van der Waals surface area contributed by atoms with Gasteiger partial charge in [-0.1, -0.05) is 30.3 Å². The van der Waals surface area contributed by atoms with Crippen LogP contribution in [0.25, 0.3) is 0 Å². The van der Waals surface area contributed by atoms with Crippen LogP contribution in [0.1, 0.15) is 48.0 Å². The van der Waals surface area contributed by atoms with Crippen LogP contribution in [-0.4, -0.2) is 54.5 Å². The highest BCUT2D eigenvalue weighted by Crippen LogP contribution is 2.24. The van der Waals surface area contributed by atoms with Crippen molar-refractivity contribution in [3.8, 4) is 0 Å². The molecule has 3 amide bonds. The van der Waals surface area contributed by atoms with Gasteiger partial charge in [-0.25, -0.2) is 9.18 Å². The minimum atomic E-state index is -0.341. The summed E-state index contributed by atoms with van der Waals surface area (Å²) in [6.07, 6.45) is 6.59. The van der Waals surface area contributed by atoms with Crippen LogP contribution in [-0.2, 0) is 6.42 Å². The highest BCUT2D eigenvalue weighted by atomic mass is 19.1. The van der Waals surface area contributed by atoms with Crippen molar-refractivity contribution in [2.45, 2.75) is 38.5 Å². The van der Waals surface area contributed by atoms with E-state index >= 15 is 0 Å². The Hall–Kier alpha value is -2.73. The molecule has 2 saturated heterocycles. The topological polar surface area (TPSA) is 52.7 Å². The Balaban J connectivity index is 1.17. The number of piperidine rings is 2. The molecule has 2 fully saturated rings. The molecule has 176 valence electrons. The van der Waals surface area contributed by atoms with E-state index in [1.165, 1.54) is 18.4 Å². The smallest absolute Gasteiger partial charge is 0.324 e. The Morgan fingerprint density at radius 3 is 2.36 bits per heavy atom. The van der Waals surface area contributed by atoms with Crippen molar-refractivity contribution < 1.29 is 14.0 Å². The highest BCUT2D eigenvalue weighted by Gasteiger charge is 2.26. The van der Waals surface area contributed by atoms with E-state index in [0.717, 1.165) is 51.9 Å². The van der Waals surface area contributed by atoms with E-state index in [9.17, 15) is 14.0 Å². The second kappa shape index (κ2) is 11.4. The molecule has 2 aromatic rings. The van der Waals surface area contributed by atoms with Gasteiger partial charge in [0.15, 0.2) is 0 Å². The van der Waals surface area contributed by atoms with Crippen molar-refractivity contribution in [1.82, 2.24) is 15.1 Å². The number of nitrogens with one attached hydrogen (secondary N) is 1. The van der Waals surface area contributed by atoms with Crippen LogP contribution in [0.3, 0.4) is 0 Å². The number of hydrogen-bond acceptors (Lipinski definition) is 3. The first-order valence-corrected chi connectivity index (χ1v) is 12.2. The van der Waals surface area contributed by atoms with Crippen molar-refractivity contribution >= 4 is 11.9 Å². The molecule has 4 rings (SSSR count). The quantitative estimate of drug-likeness (QED) is 0.691. The van der Waals surface area contributed by atoms with E-state index in [4.69, 9.17) is 0 Å². The van der Waals surface area contributed by atoms with Crippen molar-refractivity contribution in [1.29, 1.82) is 0 Å². The largest absolute Gasteiger partial charge is 0.324 e. The molecule has 0 spiro atoms. The molecule has 1 atom stereocenters. The number of carbonyl (C=O) groups is 2. The zero-order chi connectivity index (χ0) is 23.0. The molecule has 0 bridgehead atoms. The number of hydrogen-bond donors (Lipinski definition) is 1. The van der Waals surface area contributed by atoms with Crippen LogP contribution in [0.5, 0.6) is 0 Å². The minimum absolute atomic E-state index is 0.171. The standard InChI is InChI=1S/C27H34FN3O2/c28-25-10-8-21(9-11-25)19-22-12-16-30(17-13-22)18-14-23-5-4-15-31(20-23)27(33)29-26(32)24-6-2-1-3-7-24/h1-3,6-11,22-23H,4-5,12-20H2,(H,29,32,33). The molecule has 0 saturated carbocycles. The van der Waals surface area contributed by atoms with Gasteiger partial charge in [-0.3, -0.25) is 10.1 Å². The molecule has 0 aliphatic carbocycles. The van der Waals surface area contributed by atoms with Gasteiger partial charge < -0.3 is 9.80 Å². The van der Waals surface area contributed by atoms with E-state index in [1.807, 2.05) is 18.2 Å². The summed E-state index contributed by atoms with van der Waals surface area (Å²) in [5.41, 5.74) is 1.73. The van der Waals surface area contributed by atoms with E-state index < -0.39 is 0 Å². The van der Waals surface area contributed by atoms with Gasteiger partial charge in [-0.05, 0) is 99.8 Å². The predicted molar refractivity (Wildman–Crippen MR) is 127 cm³/mol. The zero-order valence-corrected chi connectivity index (χ0v) is 19.2. The Labute approximate surface area is 196 Å². The van der Waals surface area contributed by atoms with Crippen LogP contribution in [0.15, 0.2) is 54.6 Å². The second-order valence-corrected chi connectivity index (χ2v) is 9.48.